The highest BCUT2D eigenvalue weighted by Gasteiger charge is 2.35. The minimum absolute atomic E-state index is 0.162. The van der Waals surface area contributed by atoms with Crippen LogP contribution in [0.15, 0.2) is 103 Å². The lowest BCUT2D eigenvalue weighted by atomic mass is 9.71. The topological polar surface area (TPSA) is 86.5 Å². The van der Waals surface area contributed by atoms with Gasteiger partial charge in [-0.2, -0.15) is 0 Å². The molecule has 6 rings (SSSR count). The number of aromatic nitrogens is 1. The number of carbonyl (C=O) groups is 2. The van der Waals surface area contributed by atoms with E-state index in [-0.39, 0.29) is 18.4 Å². The molecule has 1 aliphatic rings. The standard InChI is InChI=1S/C40H42Cl2N4O3/c1-49-35-16-17-36-30(24-35)25-37(45-36)39(48)43-26-38(47)44-27-40(31-8-12-33(41)13-9-31,32-10-14-34(42)15-11-32)20-5-21-46-22-18-29(19-23-46)28-6-3-2-4-7-28/h2-4,6-17,24-25,29,45H,5,18-23,26-27H2,1H3,(H,43,48)(H,44,47). The predicted molar refractivity (Wildman–Crippen MR) is 198 cm³/mol. The molecule has 3 N–H and O–H groups in total. The molecule has 49 heavy (non-hydrogen) atoms. The van der Waals surface area contributed by atoms with Crippen molar-refractivity contribution in [3.63, 3.8) is 0 Å². The summed E-state index contributed by atoms with van der Waals surface area (Å²) in [6.07, 6.45) is 4.02. The number of carbonyl (C=O) groups excluding carboxylic acids is 2. The molecule has 9 heteroatoms. The minimum atomic E-state index is -0.548. The average Bonchev–Trinajstić information content (AvgIpc) is 3.57. The summed E-state index contributed by atoms with van der Waals surface area (Å²) in [5.41, 5.74) is 4.18. The third-order valence-electron chi connectivity index (χ3n) is 9.80. The van der Waals surface area contributed by atoms with E-state index in [0.29, 0.717) is 34.0 Å². The van der Waals surface area contributed by atoms with Gasteiger partial charge in [-0.1, -0.05) is 77.8 Å². The van der Waals surface area contributed by atoms with Gasteiger partial charge in [-0.15, -0.1) is 0 Å². The highest BCUT2D eigenvalue weighted by molar-refractivity contribution is 6.30. The van der Waals surface area contributed by atoms with Crippen LogP contribution in [0.4, 0.5) is 0 Å². The van der Waals surface area contributed by atoms with Crippen molar-refractivity contribution in [2.24, 2.45) is 0 Å². The van der Waals surface area contributed by atoms with Crippen LogP contribution in [-0.4, -0.2) is 61.5 Å². The summed E-state index contributed by atoms with van der Waals surface area (Å²) >= 11 is 12.7. The van der Waals surface area contributed by atoms with Crippen LogP contribution >= 0.6 is 23.2 Å². The number of ether oxygens (including phenoxy) is 1. The van der Waals surface area contributed by atoms with Gasteiger partial charge in [0.15, 0.2) is 0 Å². The van der Waals surface area contributed by atoms with Gasteiger partial charge in [0.05, 0.1) is 13.7 Å². The van der Waals surface area contributed by atoms with Crippen LogP contribution < -0.4 is 15.4 Å². The molecule has 1 fully saturated rings. The van der Waals surface area contributed by atoms with E-state index >= 15 is 0 Å². The van der Waals surface area contributed by atoms with Gasteiger partial charge in [0.1, 0.15) is 11.4 Å². The van der Waals surface area contributed by atoms with Crippen LogP contribution in [0.2, 0.25) is 10.0 Å². The molecule has 0 saturated carbocycles. The first-order valence-corrected chi connectivity index (χ1v) is 17.6. The van der Waals surface area contributed by atoms with E-state index in [2.05, 4.69) is 50.8 Å². The molecular weight excluding hydrogens is 655 g/mol. The van der Waals surface area contributed by atoms with Gasteiger partial charge in [-0.05, 0) is 116 Å². The molecule has 1 aliphatic heterocycles. The maximum absolute atomic E-state index is 13.3. The molecule has 5 aromatic rings. The van der Waals surface area contributed by atoms with E-state index in [4.69, 9.17) is 27.9 Å². The zero-order chi connectivity index (χ0) is 34.2. The van der Waals surface area contributed by atoms with Crippen LogP contribution in [0.3, 0.4) is 0 Å². The largest absolute Gasteiger partial charge is 0.497 e. The molecule has 2 amide bonds. The Morgan fingerprint density at radius 2 is 1.51 bits per heavy atom. The number of methoxy groups -OCH3 is 1. The number of benzene rings is 4. The molecule has 254 valence electrons. The first kappa shape index (κ1) is 34.6. The SMILES string of the molecule is COc1ccc2[nH]c(C(=O)NCC(=O)NCC(CCCN3CCC(c4ccccc4)CC3)(c3ccc(Cl)cc3)c3ccc(Cl)cc3)cc2c1. The van der Waals surface area contributed by atoms with Crippen molar-refractivity contribution in [2.45, 2.75) is 37.0 Å². The number of amides is 2. The Hall–Kier alpha value is -4.30. The molecule has 7 nitrogen and oxygen atoms in total. The summed E-state index contributed by atoms with van der Waals surface area (Å²) in [7, 11) is 1.60. The zero-order valence-corrected chi connectivity index (χ0v) is 29.2. The Labute approximate surface area is 297 Å². The maximum Gasteiger partial charge on any atom is 0.268 e. The summed E-state index contributed by atoms with van der Waals surface area (Å²) < 4.78 is 5.29. The fraction of sp³-hybridized carbons (Fsp3) is 0.300. The van der Waals surface area contributed by atoms with Gasteiger partial charge in [0.25, 0.3) is 5.91 Å². The third-order valence-corrected chi connectivity index (χ3v) is 10.3. The molecule has 4 aromatic carbocycles. The Kier molecular flexibility index (Phi) is 11.2. The highest BCUT2D eigenvalue weighted by atomic mass is 35.5. The van der Waals surface area contributed by atoms with Crippen molar-refractivity contribution in [1.82, 2.24) is 20.5 Å². The van der Waals surface area contributed by atoms with E-state index in [1.165, 1.54) is 5.56 Å². The van der Waals surface area contributed by atoms with Crippen molar-refractivity contribution < 1.29 is 14.3 Å². The smallest absolute Gasteiger partial charge is 0.268 e. The molecule has 0 aliphatic carbocycles. The van der Waals surface area contributed by atoms with E-state index < -0.39 is 5.41 Å². The first-order valence-electron chi connectivity index (χ1n) is 16.8. The number of piperidine rings is 1. The van der Waals surface area contributed by atoms with Gasteiger partial charge in [-0.25, -0.2) is 0 Å². The first-order chi connectivity index (χ1) is 23.8. The number of hydrogen-bond donors (Lipinski definition) is 3. The summed E-state index contributed by atoms with van der Waals surface area (Å²) in [6.45, 7) is 3.27. The monoisotopic (exact) mass is 696 g/mol. The second-order valence-corrected chi connectivity index (χ2v) is 13.7. The Balaban J connectivity index is 1.14. The molecule has 2 heterocycles. The van der Waals surface area contributed by atoms with Crippen LogP contribution in [0.25, 0.3) is 10.9 Å². The molecule has 0 bridgehead atoms. The Morgan fingerprint density at radius 1 is 0.857 bits per heavy atom. The summed E-state index contributed by atoms with van der Waals surface area (Å²) in [5.74, 6) is 0.676. The number of halogens is 2. The molecule has 1 saturated heterocycles. The molecular formula is C40H42Cl2N4O3. The lowest BCUT2D eigenvalue weighted by Gasteiger charge is -2.37. The van der Waals surface area contributed by atoms with Gasteiger partial charge in [0, 0.05) is 32.9 Å². The number of hydrogen-bond acceptors (Lipinski definition) is 4. The summed E-state index contributed by atoms with van der Waals surface area (Å²) in [6, 6.07) is 33.9. The van der Waals surface area contributed by atoms with E-state index in [1.807, 2.05) is 66.7 Å². The van der Waals surface area contributed by atoms with Crippen molar-refractivity contribution in [3.8, 4) is 5.75 Å². The minimum Gasteiger partial charge on any atom is -0.497 e. The quantitative estimate of drug-likeness (QED) is 0.117. The molecule has 1 aromatic heterocycles. The van der Waals surface area contributed by atoms with Crippen LogP contribution in [0.5, 0.6) is 5.75 Å². The van der Waals surface area contributed by atoms with Crippen molar-refractivity contribution >= 4 is 45.9 Å². The van der Waals surface area contributed by atoms with E-state index in [0.717, 1.165) is 67.3 Å². The molecule has 0 radical (unpaired) electrons. The van der Waals surface area contributed by atoms with E-state index in [1.54, 1.807) is 13.2 Å². The number of H-pyrrole nitrogens is 1. The highest BCUT2D eigenvalue weighted by Crippen LogP contribution is 2.38. The fourth-order valence-corrected chi connectivity index (χ4v) is 7.29. The molecule has 0 unspecified atom stereocenters. The predicted octanol–water partition coefficient (Wildman–Crippen LogP) is 7.98. The second kappa shape index (κ2) is 15.9. The van der Waals surface area contributed by atoms with Crippen molar-refractivity contribution in [2.75, 3.05) is 39.8 Å². The van der Waals surface area contributed by atoms with E-state index in [9.17, 15) is 9.59 Å². The van der Waals surface area contributed by atoms with Crippen molar-refractivity contribution in [3.05, 3.63) is 136 Å². The third kappa shape index (κ3) is 8.47. The van der Waals surface area contributed by atoms with Crippen molar-refractivity contribution in [1.29, 1.82) is 0 Å². The number of fused-ring (bicyclic) bond motifs is 1. The number of likely N-dealkylation sites (tertiary alicyclic amines) is 1. The summed E-state index contributed by atoms with van der Waals surface area (Å²) in [5, 5.41) is 8.07. The normalized spacial score (nSPS) is 14.1. The van der Waals surface area contributed by atoms with Crippen LogP contribution in [0, 0.1) is 0 Å². The van der Waals surface area contributed by atoms with Gasteiger partial charge in [-0.3, -0.25) is 9.59 Å². The Morgan fingerprint density at radius 3 is 2.14 bits per heavy atom. The average molecular weight is 698 g/mol. The second-order valence-electron chi connectivity index (χ2n) is 12.8. The number of rotatable bonds is 13. The van der Waals surface area contributed by atoms with Gasteiger partial charge >= 0.3 is 0 Å². The summed E-state index contributed by atoms with van der Waals surface area (Å²) in [4.78, 5) is 32.0. The molecule has 0 spiro atoms. The van der Waals surface area contributed by atoms with Gasteiger partial charge in [0.2, 0.25) is 5.91 Å². The Bertz CT molecular complexity index is 1810. The lowest BCUT2D eigenvalue weighted by molar-refractivity contribution is -0.120. The number of nitrogens with one attached hydrogen (secondary N) is 3. The fourth-order valence-electron chi connectivity index (χ4n) is 7.03. The number of nitrogens with zero attached hydrogens (tertiary/aromatic N) is 1. The zero-order valence-electron chi connectivity index (χ0n) is 27.7. The lowest BCUT2D eigenvalue weighted by Crippen LogP contribution is -2.45. The van der Waals surface area contributed by atoms with Crippen LogP contribution in [0.1, 0.15) is 58.8 Å². The maximum atomic E-state index is 13.3. The number of aromatic amines is 1. The van der Waals surface area contributed by atoms with Gasteiger partial charge < -0.3 is 25.3 Å². The molecule has 0 atom stereocenters. The van der Waals surface area contributed by atoms with Crippen LogP contribution in [-0.2, 0) is 10.2 Å².